The minimum absolute atomic E-state index is 0.0818. The molecule has 2 heterocycles. The third kappa shape index (κ3) is 4.37. The van der Waals surface area contributed by atoms with Crippen molar-refractivity contribution in [1.29, 1.82) is 0 Å². The summed E-state index contributed by atoms with van der Waals surface area (Å²) in [5, 5.41) is 20.7. The molecule has 0 saturated heterocycles. The third-order valence-electron chi connectivity index (χ3n) is 4.00. The Labute approximate surface area is 160 Å². The van der Waals surface area contributed by atoms with Gasteiger partial charge in [0, 0.05) is 23.5 Å². The number of hydrogen-bond acceptors (Lipinski definition) is 6. The number of rotatable bonds is 5. The van der Waals surface area contributed by atoms with Crippen molar-refractivity contribution in [2.24, 2.45) is 0 Å². The van der Waals surface area contributed by atoms with E-state index in [0.29, 0.717) is 11.3 Å². The summed E-state index contributed by atoms with van der Waals surface area (Å²) in [4.78, 5) is 32.0. The molecule has 1 atom stereocenters. The summed E-state index contributed by atoms with van der Waals surface area (Å²) in [5.41, 5.74) is 4.70. The van der Waals surface area contributed by atoms with Gasteiger partial charge in [-0.05, 0) is 36.2 Å². The number of carbonyl (C=O) groups is 2. The highest BCUT2D eigenvalue weighted by atomic mass is 16.5. The van der Waals surface area contributed by atoms with E-state index in [4.69, 9.17) is 5.21 Å². The Morgan fingerprint density at radius 3 is 2.36 bits per heavy atom. The van der Waals surface area contributed by atoms with Crippen LogP contribution >= 0.6 is 0 Å². The molecule has 0 aliphatic rings. The molecule has 1 aromatic carbocycles. The van der Waals surface area contributed by atoms with Crippen molar-refractivity contribution < 1.29 is 19.9 Å². The maximum absolute atomic E-state index is 11.9. The number of carbonyl (C=O) groups excluding carboxylic acids is 2. The first-order chi connectivity index (χ1) is 13.5. The summed E-state index contributed by atoms with van der Waals surface area (Å²) in [6.07, 6.45) is 2.21. The van der Waals surface area contributed by atoms with E-state index in [-0.39, 0.29) is 11.4 Å². The zero-order valence-corrected chi connectivity index (χ0v) is 15.0. The van der Waals surface area contributed by atoms with Crippen LogP contribution in [0.4, 0.5) is 5.82 Å². The van der Waals surface area contributed by atoms with Crippen LogP contribution in [0, 0.1) is 0 Å². The standard InChI is InChI=1S/C20H18N4O4/c1-12(25)19(26)23-18-10-16(20(27)24-28)9-17(22-18)14-6-4-13(5-7-14)15-3-2-8-21-11-15/h2-12,25,28H,1H3,(H,24,27)(H,22,23,26)/t12-/m0/s1. The number of anilines is 1. The fourth-order valence-electron chi connectivity index (χ4n) is 2.54. The van der Waals surface area contributed by atoms with Gasteiger partial charge in [-0.1, -0.05) is 30.3 Å². The van der Waals surface area contributed by atoms with Crippen molar-refractivity contribution in [1.82, 2.24) is 15.4 Å². The van der Waals surface area contributed by atoms with Crippen molar-refractivity contribution >= 4 is 17.6 Å². The molecule has 0 aliphatic heterocycles. The highest BCUT2D eigenvalue weighted by molar-refractivity contribution is 5.98. The quantitative estimate of drug-likeness (QED) is 0.399. The second kappa shape index (κ2) is 8.38. The van der Waals surface area contributed by atoms with Gasteiger partial charge in [-0.3, -0.25) is 19.8 Å². The molecule has 4 N–H and O–H groups in total. The number of aliphatic hydroxyl groups excluding tert-OH is 1. The van der Waals surface area contributed by atoms with Crippen molar-refractivity contribution in [3.63, 3.8) is 0 Å². The lowest BCUT2D eigenvalue weighted by molar-refractivity contribution is -0.123. The van der Waals surface area contributed by atoms with Crippen LogP contribution in [0.1, 0.15) is 17.3 Å². The Bertz CT molecular complexity index is 989. The number of benzene rings is 1. The summed E-state index contributed by atoms with van der Waals surface area (Å²) in [5.74, 6) is -1.33. The topological polar surface area (TPSA) is 124 Å². The summed E-state index contributed by atoms with van der Waals surface area (Å²) in [7, 11) is 0. The Hall–Kier alpha value is -3.62. The Morgan fingerprint density at radius 2 is 1.75 bits per heavy atom. The Kier molecular flexibility index (Phi) is 5.73. The molecule has 8 heteroatoms. The van der Waals surface area contributed by atoms with Gasteiger partial charge in [0.25, 0.3) is 11.8 Å². The molecule has 2 aromatic heterocycles. The highest BCUT2D eigenvalue weighted by Gasteiger charge is 2.14. The van der Waals surface area contributed by atoms with Gasteiger partial charge < -0.3 is 10.4 Å². The fraction of sp³-hybridized carbons (Fsp3) is 0.100. The molecule has 0 aliphatic carbocycles. The summed E-state index contributed by atoms with van der Waals surface area (Å²) in [6.45, 7) is 1.32. The first-order valence-corrected chi connectivity index (χ1v) is 8.44. The van der Waals surface area contributed by atoms with Crippen LogP contribution in [0.5, 0.6) is 0 Å². The second-order valence-corrected chi connectivity index (χ2v) is 6.05. The lowest BCUT2D eigenvalue weighted by atomic mass is 10.0. The molecule has 3 rings (SSSR count). The number of aromatic nitrogens is 2. The number of amides is 2. The maximum atomic E-state index is 11.9. The van der Waals surface area contributed by atoms with E-state index in [0.717, 1.165) is 11.1 Å². The van der Waals surface area contributed by atoms with E-state index >= 15 is 0 Å². The van der Waals surface area contributed by atoms with Crippen molar-refractivity contribution in [3.05, 3.63) is 66.5 Å². The van der Waals surface area contributed by atoms with E-state index in [1.165, 1.54) is 19.1 Å². The smallest absolute Gasteiger partial charge is 0.274 e. The lowest BCUT2D eigenvalue weighted by Crippen LogP contribution is -2.25. The summed E-state index contributed by atoms with van der Waals surface area (Å²) >= 11 is 0. The zero-order chi connectivity index (χ0) is 20.1. The Morgan fingerprint density at radius 1 is 1.04 bits per heavy atom. The summed E-state index contributed by atoms with van der Waals surface area (Å²) < 4.78 is 0. The van der Waals surface area contributed by atoms with Crippen LogP contribution < -0.4 is 10.8 Å². The average molecular weight is 378 g/mol. The van der Waals surface area contributed by atoms with E-state index < -0.39 is 17.9 Å². The molecule has 2 amide bonds. The molecular formula is C20H18N4O4. The van der Waals surface area contributed by atoms with Gasteiger partial charge in [0.15, 0.2) is 0 Å². The maximum Gasteiger partial charge on any atom is 0.274 e. The lowest BCUT2D eigenvalue weighted by Gasteiger charge is -2.11. The van der Waals surface area contributed by atoms with Crippen LogP contribution in [0.2, 0.25) is 0 Å². The minimum Gasteiger partial charge on any atom is -0.384 e. The highest BCUT2D eigenvalue weighted by Crippen LogP contribution is 2.25. The largest absolute Gasteiger partial charge is 0.384 e. The Balaban J connectivity index is 1.97. The number of hydrogen-bond donors (Lipinski definition) is 4. The van der Waals surface area contributed by atoms with E-state index in [1.807, 2.05) is 36.4 Å². The van der Waals surface area contributed by atoms with Gasteiger partial charge >= 0.3 is 0 Å². The predicted octanol–water partition coefficient (Wildman–Crippen LogP) is 2.25. The van der Waals surface area contributed by atoms with E-state index in [2.05, 4.69) is 15.3 Å². The number of hydroxylamine groups is 1. The molecule has 0 fully saturated rings. The predicted molar refractivity (Wildman–Crippen MR) is 102 cm³/mol. The van der Waals surface area contributed by atoms with Gasteiger partial charge in [-0.15, -0.1) is 0 Å². The van der Waals surface area contributed by atoms with Crippen LogP contribution in [0.15, 0.2) is 60.9 Å². The molecular weight excluding hydrogens is 360 g/mol. The molecule has 0 unspecified atom stereocenters. The molecule has 0 spiro atoms. The molecule has 0 bridgehead atoms. The first-order valence-electron chi connectivity index (χ1n) is 8.44. The van der Waals surface area contributed by atoms with Crippen molar-refractivity contribution in [3.8, 4) is 22.4 Å². The SMILES string of the molecule is C[C@H](O)C(=O)Nc1cc(C(=O)NO)cc(-c2ccc(-c3cccnc3)cc2)n1. The third-order valence-corrected chi connectivity index (χ3v) is 4.00. The number of aliphatic hydroxyl groups is 1. The van der Waals surface area contributed by atoms with Gasteiger partial charge in [0.05, 0.1) is 5.69 Å². The van der Waals surface area contributed by atoms with Crippen LogP contribution in [-0.2, 0) is 4.79 Å². The van der Waals surface area contributed by atoms with Crippen LogP contribution in [0.25, 0.3) is 22.4 Å². The molecule has 8 nitrogen and oxygen atoms in total. The normalized spacial score (nSPS) is 11.5. The van der Waals surface area contributed by atoms with Gasteiger partial charge in [0.2, 0.25) is 0 Å². The van der Waals surface area contributed by atoms with E-state index in [1.54, 1.807) is 17.9 Å². The average Bonchev–Trinajstić information content (AvgIpc) is 2.73. The molecule has 0 radical (unpaired) electrons. The molecule has 142 valence electrons. The first kappa shape index (κ1) is 19.2. The van der Waals surface area contributed by atoms with Crippen molar-refractivity contribution in [2.75, 3.05) is 5.32 Å². The van der Waals surface area contributed by atoms with Gasteiger partial charge in [0.1, 0.15) is 11.9 Å². The van der Waals surface area contributed by atoms with Crippen LogP contribution in [0.3, 0.4) is 0 Å². The molecule has 3 aromatic rings. The van der Waals surface area contributed by atoms with Crippen LogP contribution in [-0.4, -0.2) is 38.2 Å². The monoisotopic (exact) mass is 378 g/mol. The second-order valence-electron chi connectivity index (χ2n) is 6.05. The number of nitrogens with zero attached hydrogens (tertiary/aromatic N) is 2. The van der Waals surface area contributed by atoms with Gasteiger partial charge in [-0.2, -0.15) is 0 Å². The van der Waals surface area contributed by atoms with Gasteiger partial charge in [-0.25, -0.2) is 10.5 Å². The number of nitrogens with one attached hydrogen (secondary N) is 2. The van der Waals surface area contributed by atoms with Crippen molar-refractivity contribution in [2.45, 2.75) is 13.0 Å². The minimum atomic E-state index is -1.24. The summed E-state index contributed by atoms with van der Waals surface area (Å²) in [6, 6.07) is 14.0. The number of pyridine rings is 2. The fourth-order valence-corrected chi connectivity index (χ4v) is 2.54. The zero-order valence-electron chi connectivity index (χ0n) is 15.0. The molecule has 0 saturated carbocycles. The van der Waals surface area contributed by atoms with E-state index in [9.17, 15) is 14.7 Å². The molecule has 28 heavy (non-hydrogen) atoms.